The summed E-state index contributed by atoms with van der Waals surface area (Å²) in [4.78, 5) is 10.7. The van der Waals surface area contributed by atoms with Crippen LogP contribution in [0.2, 0.25) is 0 Å². The van der Waals surface area contributed by atoms with Crippen molar-refractivity contribution in [3.8, 4) is 11.5 Å². The Bertz CT molecular complexity index is 405. The van der Waals surface area contributed by atoms with Crippen LogP contribution >= 0.6 is 15.9 Å². The topological polar surface area (TPSA) is 65.0 Å². The number of halogens is 1. The summed E-state index contributed by atoms with van der Waals surface area (Å²) in [6.07, 6.45) is -0.0818. The summed E-state index contributed by atoms with van der Waals surface area (Å²) in [6, 6.07) is 3.29. The molecule has 0 saturated heterocycles. The lowest BCUT2D eigenvalue weighted by molar-refractivity contribution is -0.136. The van der Waals surface area contributed by atoms with E-state index in [2.05, 4.69) is 15.9 Å². The molecule has 5 nitrogen and oxygen atoms in total. The first kappa shape index (κ1) is 13.8. The van der Waals surface area contributed by atoms with E-state index in [9.17, 15) is 4.79 Å². The molecule has 94 valence electrons. The maximum Gasteiger partial charge on any atom is 0.307 e. The number of ether oxygens (including phenoxy) is 3. The highest BCUT2D eigenvalue weighted by atomic mass is 79.9. The van der Waals surface area contributed by atoms with Crippen molar-refractivity contribution in [3.63, 3.8) is 0 Å². The lowest BCUT2D eigenvalue weighted by Crippen LogP contribution is -2.04. The summed E-state index contributed by atoms with van der Waals surface area (Å²) in [5.41, 5.74) is 0.624. The van der Waals surface area contributed by atoms with Crippen molar-refractivity contribution in [3.05, 3.63) is 22.2 Å². The largest absolute Gasteiger partial charge is 0.493 e. The quantitative estimate of drug-likeness (QED) is 0.815. The van der Waals surface area contributed by atoms with Crippen molar-refractivity contribution in [2.45, 2.75) is 6.42 Å². The van der Waals surface area contributed by atoms with Crippen LogP contribution in [0.3, 0.4) is 0 Å². The highest BCUT2D eigenvalue weighted by Crippen LogP contribution is 2.33. The zero-order chi connectivity index (χ0) is 12.8. The van der Waals surface area contributed by atoms with Gasteiger partial charge in [0, 0.05) is 11.6 Å². The third-order valence-corrected chi connectivity index (χ3v) is 2.74. The van der Waals surface area contributed by atoms with Crippen LogP contribution < -0.4 is 9.47 Å². The second-order valence-electron chi connectivity index (χ2n) is 3.22. The maximum absolute atomic E-state index is 10.7. The van der Waals surface area contributed by atoms with Crippen molar-refractivity contribution in [1.29, 1.82) is 0 Å². The minimum Gasteiger partial charge on any atom is -0.493 e. The smallest absolute Gasteiger partial charge is 0.307 e. The number of hydrogen-bond donors (Lipinski definition) is 1. The predicted molar refractivity (Wildman–Crippen MR) is 64.5 cm³/mol. The highest BCUT2D eigenvalue weighted by molar-refractivity contribution is 9.10. The van der Waals surface area contributed by atoms with E-state index in [-0.39, 0.29) is 13.2 Å². The van der Waals surface area contributed by atoms with Crippen LogP contribution in [0.25, 0.3) is 0 Å². The summed E-state index contributed by atoms with van der Waals surface area (Å²) in [5.74, 6) is 0.0650. The van der Waals surface area contributed by atoms with E-state index >= 15 is 0 Å². The van der Waals surface area contributed by atoms with E-state index < -0.39 is 5.97 Å². The highest BCUT2D eigenvalue weighted by Gasteiger charge is 2.12. The Morgan fingerprint density at radius 2 is 2.06 bits per heavy atom. The molecule has 0 aromatic heterocycles. The van der Waals surface area contributed by atoms with Gasteiger partial charge in [-0.15, -0.1) is 0 Å². The Kier molecular flexibility index (Phi) is 5.24. The van der Waals surface area contributed by atoms with Crippen LogP contribution in [0, 0.1) is 0 Å². The maximum atomic E-state index is 10.7. The fourth-order valence-electron chi connectivity index (χ4n) is 1.27. The van der Waals surface area contributed by atoms with Crippen molar-refractivity contribution >= 4 is 21.9 Å². The predicted octanol–water partition coefficient (Wildman–Crippen LogP) is 2.07. The monoisotopic (exact) mass is 304 g/mol. The van der Waals surface area contributed by atoms with Gasteiger partial charge < -0.3 is 19.3 Å². The van der Waals surface area contributed by atoms with Crippen LogP contribution in [-0.4, -0.2) is 32.1 Å². The molecule has 0 radical (unpaired) electrons. The Hall–Kier alpha value is -1.27. The fraction of sp³-hybridized carbons (Fsp3) is 0.364. The summed E-state index contributed by atoms with van der Waals surface area (Å²) in [5, 5.41) is 8.75. The Morgan fingerprint density at radius 1 is 1.35 bits per heavy atom. The number of aliphatic carboxylic acids is 1. The van der Waals surface area contributed by atoms with E-state index in [4.69, 9.17) is 19.3 Å². The summed E-state index contributed by atoms with van der Waals surface area (Å²) in [7, 11) is 3.01. The number of rotatable bonds is 6. The van der Waals surface area contributed by atoms with Gasteiger partial charge in [0.05, 0.1) is 13.5 Å². The third-order valence-electron chi connectivity index (χ3n) is 2.01. The van der Waals surface area contributed by atoms with E-state index in [0.717, 1.165) is 0 Å². The second-order valence-corrected chi connectivity index (χ2v) is 4.07. The van der Waals surface area contributed by atoms with E-state index in [1.54, 1.807) is 12.1 Å². The van der Waals surface area contributed by atoms with Gasteiger partial charge in [-0.3, -0.25) is 4.79 Å². The van der Waals surface area contributed by atoms with Gasteiger partial charge in [-0.1, -0.05) is 15.9 Å². The molecule has 0 heterocycles. The molecule has 1 rings (SSSR count). The molecule has 0 aliphatic rings. The van der Waals surface area contributed by atoms with Crippen LogP contribution in [0.1, 0.15) is 5.56 Å². The molecule has 0 atom stereocenters. The Balaban J connectivity index is 3.01. The standard InChI is InChI=1S/C11H13BrO5/c1-15-6-17-10-5-8(12)7(4-11(13)14)3-9(10)16-2/h3,5H,4,6H2,1-2H3,(H,13,14). The molecule has 6 heteroatoms. The van der Waals surface area contributed by atoms with Crippen molar-refractivity contribution in [2.24, 2.45) is 0 Å². The van der Waals surface area contributed by atoms with Gasteiger partial charge in [-0.25, -0.2) is 0 Å². The average Bonchev–Trinajstić information content (AvgIpc) is 2.28. The van der Waals surface area contributed by atoms with Gasteiger partial charge >= 0.3 is 5.97 Å². The first-order chi connectivity index (χ1) is 8.08. The minimum atomic E-state index is -0.904. The van der Waals surface area contributed by atoms with Gasteiger partial charge in [0.25, 0.3) is 0 Å². The normalized spacial score (nSPS) is 10.1. The van der Waals surface area contributed by atoms with E-state index in [1.807, 2.05) is 0 Å². The van der Waals surface area contributed by atoms with Gasteiger partial charge in [0.2, 0.25) is 0 Å². The number of carboxylic acids is 1. The van der Waals surface area contributed by atoms with Gasteiger partial charge in [-0.05, 0) is 17.7 Å². The van der Waals surface area contributed by atoms with Crippen LogP contribution in [0.5, 0.6) is 11.5 Å². The molecule has 0 bridgehead atoms. The molecule has 0 amide bonds. The third kappa shape index (κ3) is 3.90. The van der Waals surface area contributed by atoms with Crippen LogP contribution in [-0.2, 0) is 16.0 Å². The lowest BCUT2D eigenvalue weighted by atomic mass is 10.1. The zero-order valence-corrected chi connectivity index (χ0v) is 11.1. The number of benzene rings is 1. The number of carbonyl (C=O) groups is 1. The Morgan fingerprint density at radius 3 is 2.59 bits per heavy atom. The van der Waals surface area contributed by atoms with E-state index in [0.29, 0.717) is 21.5 Å². The summed E-state index contributed by atoms with van der Waals surface area (Å²) < 4.78 is 15.9. The molecule has 0 aliphatic heterocycles. The fourth-order valence-corrected chi connectivity index (χ4v) is 1.73. The second kappa shape index (κ2) is 6.46. The summed E-state index contributed by atoms with van der Waals surface area (Å²) in [6.45, 7) is 0.0983. The molecular formula is C11H13BrO5. The molecule has 0 fully saturated rings. The molecule has 0 aliphatic carbocycles. The number of hydrogen-bond acceptors (Lipinski definition) is 4. The average molecular weight is 305 g/mol. The molecular weight excluding hydrogens is 292 g/mol. The Labute approximate surface area is 107 Å². The summed E-state index contributed by atoms with van der Waals surface area (Å²) >= 11 is 3.29. The molecule has 1 N–H and O–H groups in total. The molecule has 0 spiro atoms. The zero-order valence-electron chi connectivity index (χ0n) is 9.53. The molecule has 0 saturated carbocycles. The molecule has 1 aromatic carbocycles. The molecule has 0 unspecified atom stereocenters. The SMILES string of the molecule is COCOc1cc(Br)c(CC(=O)O)cc1OC. The number of methoxy groups -OCH3 is 2. The van der Waals surface area contributed by atoms with Gasteiger partial charge in [-0.2, -0.15) is 0 Å². The molecule has 17 heavy (non-hydrogen) atoms. The van der Waals surface area contributed by atoms with Gasteiger partial charge in [0.15, 0.2) is 18.3 Å². The van der Waals surface area contributed by atoms with Crippen LogP contribution in [0.15, 0.2) is 16.6 Å². The van der Waals surface area contributed by atoms with Crippen molar-refractivity contribution in [2.75, 3.05) is 21.0 Å². The lowest BCUT2D eigenvalue weighted by Gasteiger charge is -2.12. The van der Waals surface area contributed by atoms with Crippen molar-refractivity contribution < 1.29 is 24.1 Å². The first-order valence-electron chi connectivity index (χ1n) is 4.78. The first-order valence-corrected chi connectivity index (χ1v) is 5.57. The van der Waals surface area contributed by atoms with Crippen molar-refractivity contribution in [1.82, 2.24) is 0 Å². The van der Waals surface area contributed by atoms with Crippen LogP contribution in [0.4, 0.5) is 0 Å². The number of carboxylic acid groups (broad SMARTS) is 1. The van der Waals surface area contributed by atoms with Gasteiger partial charge in [0.1, 0.15) is 0 Å². The van der Waals surface area contributed by atoms with E-state index in [1.165, 1.54) is 14.2 Å². The molecule has 1 aromatic rings. The minimum absolute atomic E-state index is 0.0818.